The fraction of sp³-hybridized carbons (Fsp3) is 0.208. The number of amides is 2. The highest BCUT2D eigenvalue weighted by molar-refractivity contribution is 6.31. The molecule has 162 valence electrons. The van der Waals surface area contributed by atoms with Gasteiger partial charge in [-0.1, -0.05) is 47.5 Å². The lowest BCUT2D eigenvalue weighted by molar-refractivity contribution is 0.210. The molecule has 7 heteroatoms. The van der Waals surface area contributed by atoms with E-state index in [1.54, 1.807) is 43.4 Å². The number of nitrogens with zero attached hydrogens (tertiary/aromatic N) is 1. The van der Waals surface area contributed by atoms with Crippen LogP contribution < -0.4 is 14.8 Å². The van der Waals surface area contributed by atoms with Gasteiger partial charge in [0.15, 0.2) is 11.5 Å². The summed E-state index contributed by atoms with van der Waals surface area (Å²) in [6, 6.07) is 20.1. The lowest BCUT2D eigenvalue weighted by atomic mass is 10.1. The number of benzene rings is 3. The Kier molecular flexibility index (Phi) is 8.04. The quantitative estimate of drug-likeness (QED) is 0.431. The van der Waals surface area contributed by atoms with Crippen molar-refractivity contribution in [1.82, 2.24) is 4.90 Å². The number of hydrogen-bond donors (Lipinski definition) is 1. The van der Waals surface area contributed by atoms with Gasteiger partial charge in [-0.15, -0.1) is 0 Å². The molecule has 0 bridgehead atoms. The van der Waals surface area contributed by atoms with Crippen LogP contribution in [0.2, 0.25) is 10.0 Å². The molecule has 0 aromatic heterocycles. The number of carbonyl (C=O) groups is 1. The van der Waals surface area contributed by atoms with E-state index in [4.69, 9.17) is 32.7 Å². The van der Waals surface area contributed by atoms with Crippen molar-refractivity contribution < 1.29 is 14.3 Å². The van der Waals surface area contributed by atoms with Gasteiger partial charge >= 0.3 is 6.03 Å². The molecule has 0 aliphatic carbocycles. The van der Waals surface area contributed by atoms with Crippen LogP contribution in [0.5, 0.6) is 11.5 Å². The number of halogens is 2. The normalized spacial score (nSPS) is 10.5. The highest BCUT2D eigenvalue weighted by atomic mass is 35.5. The Morgan fingerprint density at radius 2 is 1.58 bits per heavy atom. The highest BCUT2D eigenvalue weighted by Crippen LogP contribution is 2.28. The van der Waals surface area contributed by atoms with Crippen LogP contribution in [-0.4, -0.2) is 31.7 Å². The molecule has 1 N–H and O–H groups in total. The molecule has 0 aliphatic heterocycles. The molecule has 0 saturated heterocycles. The minimum Gasteiger partial charge on any atom is -0.493 e. The largest absolute Gasteiger partial charge is 0.493 e. The Hall–Kier alpha value is -2.89. The maximum atomic E-state index is 13.0. The van der Waals surface area contributed by atoms with Crippen LogP contribution in [0.1, 0.15) is 11.1 Å². The first kappa shape index (κ1) is 22.8. The van der Waals surface area contributed by atoms with Gasteiger partial charge in [-0.05, 0) is 60.0 Å². The fourth-order valence-corrected chi connectivity index (χ4v) is 3.45. The van der Waals surface area contributed by atoms with Gasteiger partial charge in [0, 0.05) is 28.8 Å². The van der Waals surface area contributed by atoms with Crippen LogP contribution >= 0.6 is 23.2 Å². The zero-order valence-electron chi connectivity index (χ0n) is 17.4. The van der Waals surface area contributed by atoms with Crippen LogP contribution in [0.3, 0.4) is 0 Å². The molecular weight excluding hydrogens is 435 g/mol. The van der Waals surface area contributed by atoms with E-state index in [1.165, 1.54) is 0 Å². The second-order valence-electron chi connectivity index (χ2n) is 6.93. The maximum absolute atomic E-state index is 13.0. The second kappa shape index (κ2) is 10.9. The first-order valence-electron chi connectivity index (χ1n) is 9.75. The van der Waals surface area contributed by atoms with E-state index in [-0.39, 0.29) is 6.03 Å². The topological polar surface area (TPSA) is 50.8 Å². The molecule has 3 aromatic carbocycles. The van der Waals surface area contributed by atoms with E-state index < -0.39 is 0 Å². The molecule has 0 radical (unpaired) electrons. The minimum atomic E-state index is -0.210. The third kappa shape index (κ3) is 6.54. The number of carbonyl (C=O) groups excluding carboxylic acids is 1. The molecule has 31 heavy (non-hydrogen) atoms. The Balaban J connectivity index is 1.76. The fourth-order valence-electron chi connectivity index (χ4n) is 3.13. The van der Waals surface area contributed by atoms with E-state index in [2.05, 4.69) is 5.32 Å². The predicted molar refractivity (Wildman–Crippen MR) is 126 cm³/mol. The smallest absolute Gasteiger partial charge is 0.322 e. The van der Waals surface area contributed by atoms with Crippen molar-refractivity contribution in [3.8, 4) is 11.5 Å². The van der Waals surface area contributed by atoms with Gasteiger partial charge in [-0.2, -0.15) is 0 Å². The lowest BCUT2D eigenvalue weighted by Gasteiger charge is -2.24. The third-order valence-corrected chi connectivity index (χ3v) is 5.26. The SMILES string of the molecule is COc1ccc(CCN(Cc2ccc(Cl)cc2)C(=O)Nc2cccc(Cl)c2)cc1OC. The number of rotatable bonds is 8. The van der Waals surface area contributed by atoms with Gasteiger partial charge < -0.3 is 19.7 Å². The number of methoxy groups -OCH3 is 2. The summed E-state index contributed by atoms with van der Waals surface area (Å²) in [7, 11) is 3.21. The molecule has 0 atom stereocenters. The molecule has 0 unspecified atom stereocenters. The molecule has 0 aliphatic rings. The standard InChI is InChI=1S/C24H24Cl2N2O3/c1-30-22-11-8-17(14-23(22)31-2)12-13-28(16-18-6-9-19(25)10-7-18)24(29)27-21-5-3-4-20(26)15-21/h3-11,14-15H,12-13,16H2,1-2H3,(H,27,29). The summed E-state index contributed by atoms with van der Waals surface area (Å²) in [6.45, 7) is 0.946. The predicted octanol–water partition coefficient (Wildman–Crippen LogP) is 6.29. The monoisotopic (exact) mass is 458 g/mol. The van der Waals surface area contributed by atoms with E-state index in [1.807, 2.05) is 42.5 Å². The summed E-state index contributed by atoms with van der Waals surface area (Å²) in [5.74, 6) is 1.33. The average Bonchev–Trinajstić information content (AvgIpc) is 2.77. The summed E-state index contributed by atoms with van der Waals surface area (Å²) in [6.07, 6.45) is 0.650. The van der Waals surface area contributed by atoms with Gasteiger partial charge in [0.05, 0.1) is 14.2 Å². The zero-order chi connectivity index (χ0) is 22.2. The molecule has 0 heterocycles. The van der Waals surface area contributed by atoms with Crippen molar-refractivity contribution in [2.45, 2.75) is 13.0 Å². The van der Waals surface area contributed by atoms with E-state index in [0.29, 0.717) is 46.7 Å². The second-order valence-corrected chi connectivity index (χ2v) is 7.80. The summed E-state index contributed by atoms with van der Waals surface area (Å²) < 4.78 is 10.7. The first-order valence-corrected chi connectivity index (χ1v) is 10.5. The van der Waals surface area contributed by atoms with Crippen LogP contribution in [-0.2, 0) is 13.0 Å². The van der Waals surface area contributed by atoms with Gasteiger partial charge in [-0.25, -0.2) is 4.79 Å². The number of nitrogens with one attached hydrogen (secondary N) is 1. The highest BCUT2D eigenvalue weighted by Gasteiger charge is 2.15. The third-order valence-electron chi connectivity index (χ3n) is 4.77. The Labute approximate surface area is 192 Å². The molecular formula is C24H24Cl2N2O3. The first-order chi connectivity index (χ1) is 15.0. The summed E-state index contributed by atoms with van der Waals surface area (Å²) in [5, 5.41) is 4.14. The lowest BCUT2D eigenvalue weighted by Crippen LogP contribution is -2.36. The zero-order valence-corrected chi connectivity index (χ0v) is 18.9. The van der Waals surface area contributed by atoms with Crippen molar-refractivity contribution >= 4 is 34.9 Å². The Morgan fingerprint density at radius 1 is 0.871 bits per heavy atom. The summed E-state index contributed by atoms with van der Waals surface area (Å²) in [4.78, 5) is 14.8. The molecule has 0 spiro atoms. The van der Waals surface area contributed by atoms with Crippen molar-refractivity contribution in [1.29, 1.82) is 0 Å². The minimum absolute atomic E-state index is 0.210. The van der Waals surface area contributed by atoms with Crippen molar-refractivity contribution in [3.05, 3.63) is 87.9 Å². The number of ether oxygens (including phenoxy) is 2. The van der Waals surface area contributed by atoms with Gasteiger partial charge in [0.2, 0.25) is 0 Å². The van der Waals surface area contributed by atoms with Crippen LogP contribution in [0, 0.1) is 0 Å². The summed E-state index contributed by atoms with van der Waals surface area (Å²) in [5.41, 5.74) is 2.66. The van der Waals surface area contributed by atoms with Gasteiger partial charge in [-0.3, -0.25) is 0 Å². The molecule has 2 amide bonds. The number of anilines is 1. The van der Waals surface area contributed by atoms with E-state index in [0.717, 1.165) is 11.1 Å². The van der Waals surface area contributed by atoms with Crippen LogP contribution in [0.25, 0.3) is 0 Å². The Morgan fingerprint density at radius 3 is 2.26 bits per heavy atom. The molecule has 0 saturated carbocycles. The summed E-state index contributed by atoms with van der Waals surface area (Å²) >= 11 is 12.0. The van der Waals surface area contributed by atoms with Crippen LogP contribution in [0.15, 0.2) is 66.7 Å². The van der Waals surface area contributed by atoms with Gasteiger partial charge in [0.25, 0.3) is 0 Å². The van der Waals surface area contributed by atoms with Crippen molar-refractivity contribution in [3.63, 3.8) is 0 Å². The molecule has 3 aromatic rings. The average molecular weight is 459 g/mol. The van der Waals surface area contributed by atoms with E-state index >= 15 is 0 Å². The Bertz CT molecular complexity index is 1030. The van der Waals surface area contributed by atoms with Crippen molar-refractivity contribution in [2.75, 3.05) is 26.1 Å². The van der Waals surface area contributed by atoms with Crippen LogP contribution in [0.4, 0.5) is 10.5 Å². The van der Waals surface area contributed by atoms with Gasteiger partial charge in [0.1, 0.15) is 0 Å². The number of hydrogen-bond acceptors (Lipinski definition) is 3. The van der Waals surface area contributed by atoms with Crippen molar-refractivity contribution in [2.24, 2.45) is 0 Å². The number of urea groups is 1. The maximum Gasteiger partial charge on any atom is 0.322 e. The van der Waals surface area contributed by atoms with E-state index in [9.17, 15) is 4.79 Å². The molecule has 5 nitrogen and oxygen atoms in total. The molecule has 0 fully saturated rings. The molecule has 3 rings (SSSR count).